The minimum Gasteiger partial charge on any atom is -0.461 e. The Bertz CT molecular complexity index is 740. The molecular formula is C17H23F3N6O. The van der Waals surface area contributed by atoms with Crippen LogP contribution in [0.5, 0.6) is 0 Å². The first-order valence-electron chi connectivity index (χ1n) is 8.94. The zero-order chi connectivity index (χ0) is 19.3. The van der Waals surface area contributed by atoms with Gasteiger partial charge in [-0.15, -0.1) is 0 Å². The van der Waals surface area contributed by atoms with Gasteiger partial charge in [0.1, 0.15) is 5.82 Å². The molecule has 3 rings (SSSR count). The van der Waals surface area contributed by atoms with Gasteiger partial charge < -0.3 is 15.1 Å². The lowest BCUT2D eigenvalue weighted by Gasteiger charge is -2.31. The number of aliphatic imine (C=N–C) groups is 1. The summed E-state index contributed by atoms with van der Waals surface area (Å²) in [6, 6.07) is 3.31. The van der Waals surface area contributed by atoms with E-state index in [1.807, 2.05) is 0 Å². The van der Waals surface area contributed by atoms with Crippen LogP contribution in [0.2, 0.25) is 0 Å². The van der Waals surface area contributed by atoms with Gasteiger partial charge in [0, 0.05) is 26.1 Å². The number of nitrogens with one attached hydrogen (secondary N) is 3. The van der Waals surface area contributed by atoms with E-state index >= 15 is 0 Å². The molecule has 7 nitrogen and oxygen atoms in total. The summed E-state index contributed by atoms with van der Waals surface area (Å²) in [5.74, 6) is 1.00. The van der Waals surface area contributed by atoms with Crippen molar-refractivity contribution >= 4 is 5.96 Å². The summed E-state index contributed by atoms with van der Waals surface area (Å²) >= 11 is 0. The zero-order valence-electron chi connectivity index (χ0n) is 15.0. The molecule has 2 heterocycles. The third-order valence-electron chi connectivity index (χ3n) is 4.63. The number of aromatic nitrogens is 3. The number of alkyl halides is 3. The summed E-state index contributed by atoms with van der Waals surface area (Å²) in [5, 5.41) is 13.1. The second kappa shape index (κ2) is 8.45. The molecular weight excluding hydrogens is 361 g/mol. The number of hydrogen-bond acceptors (Lipinski definition) is 4. The summed E-state index contributed by atoms with van der Waals surface area (Å²) in [5.41, 5.74) is 0. The maximum atomic E-state index is 12.9. The molecule has 1 aliphatic carbocycles. The van der Waals surface area contributed by atoms with Gasteiger partial charge in [0.25, 0.3) is 0 Å². The monoisotopic (exact) mass is 384 g/mol. The highest BCUT2D eigenvalue weighted by Gasteiger charge is 2.42. The number of hydrogen-bond donors (Lipinski definition) is 3. The lowest BCUT2D eigenvalue weighted by molar-refractivity contribution is -0.183. The third-order valence-corrected chi connectivity index (χ3v) is 4.63. The molecule has 0 aliphatic heterocycles. The van der Waals surface area contributed by atoms with Gasteiger partial charge >= 0.3 is 6.18 Å². The number of furan rings is 1. The minimum atomic E-state index is -4.13. The van der Waals surface area contributed by atoms with Crippen LogP contribution >= 0.6 is 0 Å². The maximum Gasteiger partial charge on any atom is 0.391 e. The van der Waals surface area contributed by atoms with Crippen LogP contribution in [0.15, 0.2) is 27.8 Å². The Morgan fingerprint density at radius 3 is 2.96 bits per heavy atom. The smallest absolute Gasteiger partial charge is 0.391 e. The van der Waals surface area contributed by atoms with Crippen LogP contribution in [0.25, 0.3) is 11.6 Å². The highest BCUT2D eigenvalue weighted by atomic mass is 19.4. The Morgan fingerprint density at radius 2 is 2.26 bits per heavy atom. The highest BCUT2D eigenvalue weighted by Crippen LogP contribution is 2.37. The van der Waals surface area contributed by atoms with Gasteiger partial charge in [-0.3, -0.25) is 10.1 Å². The first-order chi connectivity index (χ1) is 13.0. The topological polar surface area (TPSA) is 91.1 Å². The Balaban J connectivity index is 1.45. The van der Waals surface area contributed by atoms with Gasteiger partial charge in [0.15, 0.2) is 11.7 Å². The largest absolute Gasteiger partial charge is 0.461 e. The summed E-state index contributed by atoms with van der Waals surface area (Å²) < 4.78 is 44.0. The van der Waals surface area contributed by atoms with Crippen molar-refractivity contribution in [1.82, 2.24) is 25.8 Å². The van der Waals surface area contributed by atoms with Crippen molar-refractivity contribution in [1.29, 1.82) is 0 Å². The molecule has 1 aliphatic rings. The van der Waals surface area contributed by atoms with Crippen molar-refractivity contribution in [3.8, 4) is 11.6 Å². The summed E-state index contributed by atoms with van der Waals surface area (Å²) in [6.45, 7) is 0.516. The van der Waals surface area contributed by atoms with E-state index in [0.29, 0.717) is 49.2 Å². The third kappa shape index (κ3) is 5.24. The van der Waals surface area contributed by atoms with Gasteiger partial charge in [-0.05, 0) is 31.4 Å². The SMILES string of the molecule is CN=C(NCCc1nc(-c2ccco2)n[nH]1)NC1CCCC(C(F)(F)F)C1. The van der Waals surface area contributed by atoms with Crippen molar-refractivity contribution in [3.63, 3.8) is 0 Å². The van der Waals surface area contributed by atoms with Crippen LogP contribution in [0.3, 0.4) is 0 Å². The molecule has 2 atom stereocenters. The Labute approximate surface area is 154 Å². The first kappa shape index (κ1) is 19.2. The predicted molar refractivity (Wildman–Crippen MR) is 94.1 cm³/mol. The number of aromatic amines is 1. The van der Waals surface area contributed by atoms with Crippen LogP contribution in [-0.2, 0) is 6.42 Å². The van der Waals surface area contributed by atoms with Gasteiger partial charge in [-0.1, -0.05) is 6.42 Å². The molecule has 0 aromatic carbocycles. The van der Waals surface area contributed by atoms with E-state index < -0.39 is 12.1 Å². The lowest BCUT2D eigenvalue weighted by atomic mass is 9.85. The van der Waals surface area contributed by atoms with Crippen LogP contribution in [0.1, 0.15) is 31.5 Å². The second-order valence-electron chi connectivity index (χ2n) is 6.58. The molecule has 1 fully saturated rings. The lowest BCUT2D eigenvalue weighted by Crippen LogP contribution is -2.47. The summed E-state index contributed by atoms with van der Waals surface area (Å²) in [4.78, 5) is 8.44. The van der Waals surface area contributed by atoms with E-state index in [9.17, 15) is 13.2 Å². The molecule has 3 N–H and O–H groups in total. The standard InChI is InChI=1S/C17H23F3N6O/c1-21-16(23-12-5-2-4-11(10-12)17(18,19)20)22-8-7-14-24-15(26-25-14)13-6-3-9-27-13/h3,6,9,11-12H,2,4-5,7-8,10H2,1H3,(H2,21,22,23)(H,24,25,26). The maximum absolute atomic E-state index is 12.9. The molecule has 10 heteroatoms. The summed E-state index contributed by atoms with van der Waals surface area (Å²) in [7, 11) is 1.60. The second-order valence-corrected chi connectivity index (χ2v) is 6.58. The normalized spacial score (nSPS) is 21.3. The highest BCUT2D eigenvalue weighted by molar-refractivity contribution is 5.79. The van der Waals surface area contributed by atoms with Crippen molar-refractivity contribution in [2.75, 3.05) is 13.6 Å². The van der Waals surface area contributed by atoms with E-state index in [-0.39, 0.29) is 18.9 Å². The first-order valence-corrected chi connectivity index (χ1v) is 8.94. The number of halogens is 3. The molecule has 0 saturated heterocycles. The fourth-order valence-electron chi connectivity index (χ4n) is 3.23. The Kier molecular flexibility index (Phi) is 6.02. The fraction of sp³-hybridized carbons (Fsp3) is 0.588. The van der Waals surface area contributed by atoms with E-state index in [4.69, 9.17) is 4.42 Å². The minimum absolute atomic E-state index is 0.0822. The van der Waals surface area contributed by atoms with Crippen LogP contribution in [-0.4, -0.2) is 47.0 Å². The molecule has 27 heavy (non-hydrogen) atoms. The zero-order valence-corrected chi connectivity index (χ0v) is 15.0. The number of nitrogens with zero attached hydrogens (tertiary/aromatic N) is 3. The Hall–Kier alpha value is -2.52. The Morgan fingerprint density at radius 1 is 1.41 bits per heavy atom. The number of guanidine groups is 1. The predicted octanol–water partition coefficient (Wildman–Crippen LogP) is 2.89. The van der Waals surface area contributed by atoms with Crippen molar-refractivity contribution in [2.24, 2.45) is 10.9 Å². The summed E-state index contributed by atoms with van der Waals surface area (Å²) in [6.07, 6.45) is -0.457. The molecule has 0 bridgehead atoms. The number of rotatable bonds is 5. The molecule has 2 unspecified atom stereocenters. The van der Waals surface area contributed by atoms with Gasteiger partial charge in [-0.2, -0.15) is 18.3 Å². The van der Waals surface area contributed by atoms with Gasteiger partial charge in [0.2, 0.25) is 5.82 Å². The molecule has 2 aromatic heterocycles. The molecule has 0 amide bonds. The van der Waals surface area contributed by atoms with Crippen LogP contribution in [0, 0.1) is 5.92 Å². The van der Waals surface area contributed by atoms with Gasteiger partial charge in [0.05, 0.1) is 12.2 Å². The number of H-pyrrole nitrogens is 1. The van der Waals surface area contributed by atoms with Crippen LogP contribution < -0.4 is 10.6 Å². The molecule has 148 valence electrons. The van der Waals surface area contributed by atoms with E-state index in [0.717, 1.165) is 0 Å². The average Bonchev–Trinajstić information content (AvgIpc) is 3.32. The molecule has 1 saturated carbocycles. The van der Waals surface area contributed by atoms with Crippen LogP contribution in [0.4, 0.5) is 13.2 Å². The average molecular weight is 384 g/mol. The van der Waals surface area contributed by atoms with Crippen molar-refractivity contribution in [2.45, 2.75) is 44.3 Å². The van der Waals surface area contributed by atoms with Crippen molar-refractivity contribution < 1.29 is 17.6 Å². The fourth-order valence-corrected chi connectivity index (χ4v) is 3.23. The molecule has 0 spiro atoms. The van der Waals surface area contributed by atoms with Crippen molar-refractivity contribution in [3.05, 3.63) is 24.2 Å². The molecule has 2 aromatic rings. The van der Waals surface area contributed by atoms with E-state index in [1.54, 1.807) is 25.4 Å². The van der Waals surface area contributed by atoms with E-state index in [2.05, 4.69) is 30.8 Å². The van der Waals surface area contributed by atoms with Gasteiger partial charge in [-0.25, -0.2) is 4.98 Å². The quantitative estimate of drug-likeness (QED) is 0.545. The van der Waals surface area contributed by atoms with E-state index in [1.165, 1.54) is 0 Å². The molecule has 0 radical (unpaired) electrons.